The molecule has 0 aliphatic rings. The number of aliphatic hydroxyl groups is 2. The van der Waals surface area contributed by atoms with E-state index in [0.29, 0.717) is 25.9 Å². The summed E-state index contributed by atoms with van der Waals surface area (Å²) < 4.78 is 5.48. The Morgan fingerprint density at radius 3 is 1.11 bits per heavy atom. The van der Waals surface area contributed by atoms with E-state index in [-0.39, 0.29) is 18.5 Å². The van der Waals surface area contributed by atoms with Gasteiger partial charge in [0.2, 0.25) is 5.91 Å². The van der Waals surface area contributed by atoms with Gasteiger partial charge in [-0.05, 0) is 51.4 Å². The zero-order chi connectivity index (χ0) is 46.5. The van der Waals surface area contributed by atoms with Gasteiger partial charge in [-0.1, -0.05) is 270 Å². The number of carbonyl (C=O) groups is 2. The molecule has 0 fully saturated rings. The monoisotopic (exact) mass is 904 g/mol. The van der Waals surface area contributed by atoms with Crippen molar-refractivity contribution >= 4 is 11.9 Å². The highest BCUT2D eigenvalue weighted by molar-refractivity contribution is 5.76. The molecule has 0 aromatic heterocycles. The van der Waals surface area contributed by atoms with Crippen molar-refractivity contribution in [2.45, 2.75) is 334 Å². The average Bonchev–Trinajstić information content (AvgIpc) is 3.29. The summed E-state index contributed by atoms with van der Waals surface area (Å²) in [5.74, 6) is -0.0336. The maximum atomic E-state index is 12.4. The first-order valence-corrected chi connectivity index (χ1v) is 28.9. The molecule has 3 N–H and O–H groups in total. The lowest BCUT2D eigenvalue weighted by Crippen LogP contribution is -2.45. The predicted molar refractivity (Wildman–Crippen MR) is 278 cm³/mol. The molecule has 1 amide bonds. The molecule has 0 spiro atoms. The number of rotatable bonds is 54. The van der Waals surface area contributed by atoms with Crippen LogP contribution in [0.25, 0.3) is 0 Å². The minimum atomic E-state index is -0.667. The highest BCUT2D eigenvalue weighted by Gasteiger charge is 2.20. The van der Waals surface area contributed by atoms with Crippen molar-refractivity contribution in [3.05, 3.63) is 12.2 Å². The standard InChI is InChI=1S/C58H113NO5/c1-3-5-7-9-11-13-15-16-17-25-28-32-36-40-44-48-52-58(63)64-53-49-45-41-37-33-29-26-23-21-19-18-20-22-24-27-31-35-39-43-47-51-57(62)59-55(54-60)56(61)50-46-42-38-34-30-14-12-10-8-6-4-2/h18,20,55-56,60-61H,3-17,19,21-54H2,1-2H3,(H,59,62)/b20-18-. The van der Waals surface area contributed by atoms with Crippen LogP contribution in [-0.4, -0.2) is 47.4 Å². The van der Waals surface area contributed by atoms with Crippen LogP contribution >= 0.6 is 0 Å². The third kappa shape index (κ3) is 50.0. The second-order valence-electron chi connectivity index (χ2n) is 20.0. The fraction of sp³-hybridized carbons (Fsp3) is 0.931. The lowest BCUT2D eigenvalue weighted by atomic mass is 10.0. The van der Waals surface area contributed by atoms with Crippen molar-refractivity contribution in [3.63, 3.8) is 0 Å². The number of carbonyl (C=O) groups excluding carboxylic acids is 2. The summed E-state index contributed by atoms with van der Waals surface area (Å²) >= 11 is 0. The minimum Gasteiger partial charge on any atom is -0.466 e. The van der Waals surface area contributed by atoms with Crippen LogP contribution in [0, 0.1) is 0 Å². The summed E-state index contributed by atoms with van der Waals surface area (Å²) in [5.41, 5.74) is 0. The van der Waals surface area contributed by atoms with E-state index < -0.39 is 12.1 Å². The van der Waals surface area contributed by atoms with Crippen molar-refractivity contribution in [2.75, 3.05) is 13.2 Å². The van der Waals surface area contributed by atoms with Crippen molar-refractivity contribution < 1.29 is 24.5 Å². The molecule has 2 unspecified atom stereocenters. The normalized spacial score (nSPS) is 12.6. The molecule has 64 heavy (non-hydrogen) atoms. The van der Waals surface area contributed by atoms with Gasteiger partial charge in [0.05, 0.1) is 25.4 Å². The first kappa shape index (κ1) is 62.6. The Morgan fingerprint density at radius 2 is 0.734 bits per heavy atom. The maximum absolute atomic E-state index is 12.4. The molecule has 0 bridgehead atoms. The molecular formula is C58H113NO5. The van der Waals surface area contributed by atoms with Crippen LogP contribution in [0.4, 0.5) is 0 Å². The van der Waals surface area contributed by atoms with Gasteiger partial charge in [0.15, 0.2) is 0 Å². The zero-order valence-corrected chi connectivity index (χ0v) is 43.3. The Morgan fingerprint density at radius 1 is 0.422 bits per heavy atom. The van der Waals surface area contributed by atoms with Crippen LogP contribution in [0.3, 0.4) is 0 Å². The zero-order valence-electron chi connectivity index (χ0n) is 43.3. The van der Waals surface area contributed by atoms with Crippen LogP contribution in [0.15, 0.2) is 12.2 Å². The second-order valence-corrected chi connectivity index (χ2v) is 20.0. The first-order chi connectivity index (χ1) is 31.5. The Labute approximate surface area is 399 Å². The Balaban J connectivity index is 3.39. The lowest BCUT2D eigenvalue weighted by Gasteiger charge is -2.22. The fourth-order valence-corrected chi connectivity index (χ4v) is 9.11. The van der Waals surface area contributed by atoms with Gasteiger partial charge in [0.25, 0.3) is 0 Å². The third-order valence-corrected chi connectivity index (χ3v) is 13.6. The smallest absolute Gasteiger partial charge is 0.305 e. The van der Waals surface area contributed by atoms with E-state index in [9.17, 15) is 19.8 Å². The molecule has 2 atom stereocenters. The number of hydrogen-bond acceptors (Lipinski definition) is 5. The number of esters is 1. The number of nitrogens with one attached hydrogen (secondary N) is 1. The van der Waals surface area contributed by atoms with E-state index in [1.165, 1.54) is 250 Å². The highest BCUT2D eigenvalue weighted by Crippen LogP contribution is 2.17. The summed E-state index contributed by atoms with van der Waals surface area (Å²) in [5, 5.41) is 23.2. The Kier molecular flexibility index (Phi) is 53.0. The number of amides is 1. The molecular weight excluding hydrogens is 791 g/mol. The summed E-state index contributed by atoms with van der Waals surface area (Å²) in [4.78, 5) is 24.5. The lowest BCUT2D eigenvalue weighted by molar-refractivity contribution is -0.143. The quantitative estimate of drug-likeness (QED) is 0.0321. The van der Waals surface area contributed by atoms with Gasteiger partial charge in [-0.25, -0.2) is 0 Å². The summed E-state index contributed by atoms with van der Waals surface area (Å²) in [6.45, 7) is 4.95. The topological polar surface area (TPSA) is 95.9 Å². The van der Waals surface area contributed by atoms with Crippen molar-refractivity contribution in [3.8, 4) is 0 Å². The predicted octanol–water partition coefficient (Wildman–Crippen LogP) is 17.7. The molecule has 6 heteroatoms. The number of ether oxygens (including phenoxy) is 1. The van der Waals surface area contributed by atoms with Crippen molar-refractivity contribution in [1.29, 1.82) is 0 Å². The SMILES string of the molecule is CCCCCCCCCCCCCCCCCCC(=O)OCCCCCCCCCCC/C=C\CCCCCCCCCC(=O)NC(CO)C(O)CCCCCCCCCCCCC. The van der Waals surface area contributed by atoms with Gasteiger partial charge in [-0.3, -0.25) is 9.59 Å². The Hall–Kier alpha value is -1.40. The number of unbranched alkanes of at least 4 members (excludes halogenated alkanes) is 41. The van der Waals surface area contributed by atoms with Gasteiger partial charge >= 0.3 is 5.97 Å². The van der Waals surface area contributed by atoms with E-state index in [1.54, 1.807) is 0 Å². The van der Waals surface area contributed by atoms with E-state index in [0.717, 1.165) is 38.5 Å². The number of allylic oxidation sites excluding steroid dienone is 2. The van der Waals surface area contributed by atoms with Gasteiger partial charge in [0, 0.05) is 12.8 Å². The van der Waals surface area contributed by atoms with Crippen LogP contribution in [-0.2, 0) is 14.3 Å². The third-order valence-electron chi connectivity index (χ3n) is 13.6. The van der Waals surface area contributed by atoms with Gasteiger partial charge in [-0.2, -0.15) is 0 Å². The molecule has 6 nitrogen and oxygen atoms in total. The van der Waals surface area contributed by atoms with Gasteiger partial charge in [0.1, 0.15) is 0 Å². The fourth-order valence-electron chi connectivity index (χ4n) is 9.11. The van der Waals surface area contributed by atoms with Gasteiger partial charge < -0.3 is 20.3 Å². The van der Waals surface area contributed by atoms with Gasteiger partial charge in [-0.15, -0.1) is 0 Å². The van der Waals surface area contributed by atoms with E-state index >= 15 is 0 Å². The highest BCUT2D eigenvalue weighted by atomic mass is 16.5. The summed E-state index contributed by atoms with van der Waals surface area (Å²) in [6.07, 6.45) is 63.5. The molecule has 0 aromatic carbocycles. The van der Waals surface area contributed by atoms with Crippen LogP contribution in [0.2, 0.25) is 0 Å². The molecule has 0 aromatic rings. The average molecular weight is 905 g/mol. The van der Waals surface area contributed by atoms with E-state index in [4.69, 9.17) is 4.74 Å². The van der Waals surface area contributed by atoms with E-state index in [1.807, 2.05) is 0 Å². The molecule has 0 saturated heterocycles. The first-order valence-electron chi connectivity index (χ1n) is 28.9. The van der Waals surface area contributed by atoms with Crippen LogP contribution in [0.1, 0.15) is 322 Å². The Bertz CT molecular complexity index is 955. The summed E-state index contributed by atoms with van der Waals surface area (Å²) in [7, 11) is 0. The van der Waals surface area contributed by atoms with Crippen LogP contribution in [0.5, 0.6) is 0 Å². The molecule has 0 aliphatic heterocycles. The molecule has 0 rings (SSSR count). The largest absolute Gasteiger partial charge is 0.466 e. The minimum absolute atomic E-state index is 0.0100. The van der Waals surface area contributed by atoms with Crippen molar-refractivity contribution in [2.24, 2.45) is 0 Å². The summed E-state index contributed by atoms with van der Waals surface area (Å²) in [6, 6.07) is -0.545. The molecule has 0 saturated carbocycles. The van der Waals surface area contributed by atoms with Crippen LogP contribution < -0.4 is 5.32 Å². The molecule has 0 radical (unpaired) electrons. The van der Waals surface area contributed by atoms with Crippen molar-refractivity contribution in [1.82, 2.24) is 5.32 Å². The molecule has 380 valence electrons. The van der Waals surface area contributed by atoms with E-state index in [2.05, 4.69) is 31.3 Å². The molecule has 0 heterocycles. The second kappa shape index (κ2) is 54.2. The number of aliphatic hydroxyl groups excluding tert-OH is 2. The molecule has 0 aliphatic carbocycles. The maximum Gasteiger partial charge on any atom is 0.305 e. The number of hydrogen-bond donors (Lipinski definition) is 3.